The molecule has 0 spiro atoms. The Balaban J connectivity index is 1.55. The van der Waals surface area contributed by atoms with Gasteiger partial charge in [0, 0.05) is 17.1 Å². The molecule has 2 saturated carbocycles. The Hall–Kier alpha value is -1.84. The van der Waals surface area contributed by atoms with Gasteiger partial charge in [-0.15, -0.1) is 10.2 Å². The number of benzene rings is 2. The fraction of sp³-hybridized carbons (Fsp3) is 0.333. The van der Waals surface area contributed by atoms with Gasteiger partial charge in [-0.05, 0) is 61.1 Å². The first-order valence-electron chi connectivity index (χ1n) is 8.98. The fourth-order valence-electron chi connectivity index (χ4n) is 4.23. The van der Waals surface area contributed by atoms with E-state index in [1.165, 1.54) is 11.1 Å². The lowest BCUT2D eigenvalue weighted by atomic mass is 9.93. The highest BCUT2D eigenvalue weighted by molar-refractivity contribution is 6.30. The van der Waals surface area contributed by atoms with Crippen molar-refractivity contribution in [1.29, 1.82) is 0 Å². The molecule has 3 nitrogen and oxygen atoms in total. The van der Waals surface area contributed by atoms with Crippen molar-refractivity contribution in [1.82, 2.24) is 14.8 Å². The topological polar surface area (TPSA) is 30.7 Å². The summed E-state index contributed by atoms with van der Waals surface area (Å²) in [6, 6.07) is 16.3. The summed E-state index contributed by atoms with van der Waals surface area (Å²) in [5.74, 6) is 2.13. The molecule has 0 N–H and O–H groups in total. The predicted octanol–water partition coefficient (Wildman–Crippen LogP) is 5.28. The third-order valence-electron chi connectivity index (χ3n) is 6.02. The molecular formula is C21H19Cl2N3. The molecule has 5 heteroatoms. The fourth-order valence-corrected chi connectivity index (χ4v) is 4.49. The van der Waals surface area contributed by atoms with Gasteiger partial charge in [0.25, 0.3) is 0 Å². The SMILES string of the molecule is Cn1c(C2(c3ccc(Cl)cc3)CC2)nnc1C1(c2ccc(Cl)cc2)CC1. The van der Waals surface area contributed by atoms with Crippen LogP contribution in [-0.2, 0) is 17.9 Å². The first-order valence-corrected chi connectivity index (χ1v) is 9.73. The minimum atomic E-state index is -0.0132. The van der Waals surface area contributed by atoms with Gasteiger partial charge >= 0.3 is 0 Å². The summed E-state index contributed by atoms with van der Waals surface area (Å²) in [6.45, 7) is 0. The van der Waals surface area contributed by atoms with Gasteiger partial charge in [0.2, 0.25) is 0 Å². The van der Waals surface area contributed by atoms with Gasteiger partial charge in [-0.1, -0.05) is 47.5 Å². The van der Waals surface area contributed by atoms with Crippen molar-refractivity contribution in [2.45, 2.75) is 36.5 Å². The Labute approximate surface area is 163 Å². The smallest absolute Gasteiger partial charge is 0.143 e. The van der Waals surface area contributed by atoms with Crippen LogP contribution in [0.2, 0.25) is 10.0 Å². The van der Waals surface area contributed by atoms with E-state index in [1.807, 2.05) is 24.3 Å². The molecule has 2 aromatic carbocycles. The minimum Gasteiger partial charge on any atom is -0.317 e. The van der Waals surface area contributed by atoms with E-state index in [2.05, 4.69) is 46.1 Å². The molecular weight excluding hydrogens is 365 g/mol. The van der Waals surface area contributed by atoms with Crippen LogP contribution in [0.1, 0.15) is 48.5 Å². The van der Waals surface area contributed by atoms with Crippen molar-refractivity contribution in [3.8, 4) is 0 Å². The molecule has 5 rings (SSSR count). The summed E-state index contributed by atoms with van der Waals surface area (Å²) >= 11 is 12.1. The second-order valence-electron chi connectivity index (χ2n) is 7.58. The lowest BCUT2D eigenvalue weighted by Gasteiger charge is -2.19. The van der Waals surface area contributed by atoms with Crippen LogP contribution < -0.4 is 0 Å². The number of aromatic nitrogens is 3. The third-order valence-corrected chi connectivity index (χ3v) is 6.53. The molecule has 0 atom stereocenters. The van der Waals surface area contributed by atoms with E-state index in [0.29, 0.717) is 0 Å². The van der Waals surface area contributed by atoms with Crippen molar-refractivity contribution < 1.29 is 0 Å². The second-order valence-corrected chi connectivity index (χ2v) is 8.46. The van der Waals surface area contributed by atoms with Crippen LogP contribution in [0.4, 0.5) is 0 Å². The Morgan fingerprint density at radius 1 is 0.692 bits per heavy atom. The monoisotopic (exact) mass is 383 g/mol. The Morgan fingerprint density at radius 2 is 1.04 bits per heavy atom. The van der Waals surface area contributed by atoms with Crippen LogP contribution in [0.25, 0.3) is 0 Å². The summed E-state index contributed by atoms with van der Waals surface area (Å²) in [5.41, 5.74) is 2.53. The zero-order valence-electron chi connectivity index (χ0n) is 14.5. The Bertz CT molecular complexity index is 886. The molecule has 26 heavy (non-hydrogen) atoms. The summed E-state index contributed by atoms with van der Waals surface area (Å²) < 4.78 is 2.23. The molecule has 132 valence electrons. The standard InChI is InChI=1S/C21H19Cl2N3/c1-26-18(20(10-11-20)14-2-6-16(22)7-3-14)24-25-19(26)21(12-13-21)15-4-8-17(23)9-5-15/h2-9H,10-13H2,1H3. The Kier molecular flexibility index (Phi) is 3.51. The normalized spacial score (nSPS) is 19.3. The van der Waals surface area contributed by atoms with Gasteiger partial charge in [0.05, 0.1) is 10.8 Å². The number of hydrogen-bond acceptors (Lipinski definition) is 2. The first-order chi connectivity index (χ1) is 12.6. The molecule has 2 fully saturated rings. The lowest BCUT2D eigenvalue weighted by molar-refractivity contribution is 0.643. The molecule has 0 amide bonds. The molecule has 0 saturated heterocycles. The maximum Gasteiger partial charge on any atom is 0.143 e. The van der Waals surface area contributed by atoms with Crippen LogP contribution in [0.3, 0.4) is 0 Å². The maximum absolute atomic E-state index is 6.07. The summed E-state index contributed by atoms with van der Waals surface area (Å²) in [4.78, 5) is 0. The van der Waals surface area contributed by atoms with Gasteiger partial charge in [-0.3, -0.25) is 0 Å². The van der Waals surface area contributed by atoms with E-state index >= 15 is 0 Å². The number of rotatable bonds is 4. The van der Waals surface area contributed by atoms with Crippen molar-refractivity contribution in [2.75, 3.05) is 0 Å². The van der Waals surface area contributed by atoms with E-state index in [1.54, 1.807) is 0 Å². The molecule has 0 aliphatic heterocycles. The highest BCUT2D eigenvalue weighted by atomic mass is 35.5. The summed E-state index contributed by atoms with van der Waals surface area (Å²) in [7, 11) is 2.11. The molecule has 0 radical (unpaired) electrons. The average Bonchev–Trinajstić information content (AvgIpc) is 3.56. The number of nitrogens with zero attached hydrogens (tertiary/aromatic N) is 3. The van der Waals surface area contributed by atoms with E-state index < -0.39 is 0 Å². The van der Waals surface area contributed by atoms with E-state index in [0.717, 1.165) is 47.4 Å². The maximum atomic E-state index is 6.07. The van der Waals surface area contributed by atoms with E-state index in [4.69, 9.17) is 23.2 Å². The molecule has 1 aromatic heterocycles. The minimum absolute atomic E-state index is 0.0132. The molecule has 3 aromatic rings. The Morgan fingerprint density at radius 3 is 1.35 bits per heavy atom. The number of hydrogen-bond donors (Lipinski definition) is 0. The van der Waals surface area contributed by atoms with Crippen LogP contribution in [0.15, 0.2) is 48.5 Å². The van der Waals surface area contributed by atoms with Crippen molar-refractivity contribution in [3.05, 3.63) is 81.4 Å². The quantitative estimate of drug-likeness (QED) is 0.613. The van der Waals surface area contributed by atoms with Crippen LogP contribution in [-0.4, -0.2) is 14.8 Å². The van der Waals surface area contributed by atoms with Crippen molar-refractivity contribution in [2.24, 2.45) is 7.05 Å². The van der Waals surface area contributed by atoms with Crippen LogP contribution in [0, 0.1) is 0 Å². The van der Waals surface area contributed by atoms with Gasteiger partial charge in [-0.2, -0.15) is 0 Å². The molecule has 0 bridgehead atoms. The zero-order chi connectivity index (χ0) is 17.9. The molecule has 2 aliphatic rings. The van der Waals surface area contributed by atoms with Crippen LogP contribution >= 0.6 is 23.2 Å². The van der Waals surface area contributed by atoms with E-state index in [9.17, 15) is 0 Å². The second kappa shape index (κ2) is 5.58. The number of halogens is 2. The predicted molar refractivity (Wildman–Crippen MR) is 104 cm³/mol. The van der Waals surface area contributed by atoms with Gasteiger partial charge in [0.15, 0.2) is 0 Å². The summed E-state index contributed by atoms with van der Waals surface area (Å²) in [6.07, 6.45) is 4.42. The lowest BCUT2D eigenvalue weighted by Crippen LogP contribution is -2.19. The third kappa shape index (κ3) is 2.34. The van der Waals surface area contributed by atoms with Gasteiger partial charge < -0.3 is 4.57 Å². The molecule has 1 heterocycles. The average molecular weight is 384 g/mol. The molecule has 2 aliphatic carbocycles. The van der Waals surface area contributed by atoms with Crippen LogP contribution in [0.5, 0.6) is 0 Å². The largest absolute Gasteiger partial charge is 0.317 e. The highest BCUT2D eigenvalue weighted by Crippen LogP contribution is 2.56. The van der Waals surface area contributed by atoms with Crippen molar-refractivity contribution >= 4 is 23.2 Å². The van der Waals surface area contributed by atoms with E-state index in [-0.39, 0.29) is 10.8 Å². The summed E-state index contributed by atoms with van der Waals surface area (Å²) in [5, 5.41) is 10.8. The first kappa shape index (κ1) is 16.3. The van der Waals surface area contributed by atoms with Gasteiger partial charge in [-0.25, -0.2) is 0 Å². The highest BCUT2D eigenvalue weighted by Gasteiger charge is 2.54. The van der Waals surface area contributed by atoms with Crippen molar-refractivity contribution in [3.63, 3.8) is 0 Å². The zero-order valence-corrected chi connectivity index (χ0v) is 16.1. The van der Waals surface area contributed by atoms with Gasteiger partial charge in [0.1, 0.15) is 11.6 Å². The molecule has 0 unspecified atom stereocenters.